The maximum Gasteiger partial charge on any atom is 0.161 e. The number of para-hydroxylation sites is 2. The van der Waals surface area contributed by atoms with Gasteiger partial charge in [0.2, 0.25) is 0 Å². The molecule has 4 heteroatoms. The van der Waals surface area contributed by atoms with Crippen molar-refractivity contribution in [1.29, 1.82) is 0 Å². The van der Waals surface area contributed by atoms with Crippen molar-refractivity contribution in [2.45, 2.75) is 38.0 Å². The largest absolute Gasteiger partial charge is 0.490 e. The molecule has 1 aromatic carbocycles. The number of nitrogens with two attached hydrogens (primary N) is 1. The Morgan fingerprint density at radius 3 is 2.61 bits per heavy atom. The summed E-state index contributed by atoms with van der Waals surface area (Å²) < 4.78 is 16.9. The van der Waals surface area contributed by atoms with E-state index in [-0.39, 0.29) is 18.2 Å². The van der Waals surface area contributed by atoms with Gasteiger partial charge in [-0.3, -0.25) is 0 Å². The normalized spacial score (nSPS) is 26.5. The van der Waals surface area contributed by atoms with E-state index in [9.17, 15) is 0 Å². The van der Waals surface area contributed by atoms with Gasteiger partial charge in [0.15, 0.2) is 11.5 Å². The van der Waals surface area contributed by atoms with Gasteiger partial charge in [-0.05, 0) is 18.6 Å². The zero-order valence-corrected chi connectivity index (χ0v) is 11.0. The third-order valence-corrected chi connectivity index (χ3v) is 3.15. The molecule has 18 heavy (non-hydrogen) atoms. The van der Waals surface area contributed by atoms with Gasteiger partial charge in [0.05, 0.1) is 6.61 Å². The van der Waals surface area contributed by atoms with Gasteiger partial charge < -0.3 is 19.9 Å². The van der Waals surface area contributed by atoms with Crippen molar-refractivity contribution in [3.63, 3.8) is 0 Å². The number of hydrogen-bond acceptors (Lipinski definition) is 4. The second-order valence-electron chi connectivity index (χ2n) is 4.55. The van der Waals surface area contributed by atoms with Crippen LogP contribution < -0.4 is 15.2 Å². The standard InChI is InChI=1S/C14H21NO3/c1-3-8-17-11-6-4-5-7-12(11)18-13-9-10(15)14(13)16-2/h4-7,10,13-14H,3,8-9,15H2,1-2H3. The Labute approximate surface area is 108 Å². The molecule has 0 aliphatic heterocycles. The summed E-state index contributed by atoms with van der Waals surface area (Å²) in [6.45, 7) is 2.77. The van der Waals surface area contributed by atoms with Gasteiger partial charge in [0.25, 0.3) is 0 Å². The topological polar surface area (TPSA) is 53.7 Å². The molecule has 4 nitrogen and oxygen atoms in total. The smallest absolute Gasteiger partial charge is 0.161 e. The van der Waals surface area contributed by atoms with Crippen LogP contribution in [0.2, 0.25) is 0 Å². The quantitative estimate of drug-likeness (QED) is 0.840. The van der Waals surface area contributed by atoms with Gasteiger partial charge in [-0.1, -0.05) is 19.1 Å². The molecule has 3 unspecified atom stereocenters. The van der Waals surface area contributed by atoms with Crippen LogP contribution in [-0.4, -0.2) is 32.0 Å². The van der Waals surface area contributed by atoms with Crippen molar-refractivity contribution in [2.24, 2.45) is 5.73 Å². The van der Waals surface area contributed by atoms with E-state index in [4.69, 9.17) is 19.9 Å². The zero-order chi connectivity index (χ0) is 13.0. The maximum absolute atomic E-state index is 5.92. The van der Waals surface area contributed by atoms with Gasteiger partial charge >= 0.3 is 0 Å². The molecule has 1 fully saturated rings. The first-order chi connectivity index (χ1) is 8.76. The van der Waals surface area contributed by atoms with Crippen LogP contribution in [0.5, 0.6) is 11.5 Å². The van der Waals surface area contributed by atoms with Crippen LogP contribution in [0.15, 0.2) is 24.3 Å². The SMILES string of the molecule is CCCOc1ccccc1OC1CC(N)C1OC. The van der Waals surface area contributed by atoms with Crippen molar-refractivity contribution in [3.8, 4) is 11.5 Å². The molecule has 1 aromatic rings. The molecular weight excluding hydrogens is 230 g/mol. The summed E-state index contributed by atoms with van der Waals surface area (Å²) in [7, 11) is 1.67. The molecule has 0 spiro atoms. The summed E-state index contributed by atoms with van der Waals surface area (Å²) in [5.41, 5.74) is 5.86. The zero-order valence-electron chi connectivity index (χ0n) is 11.0. The highest BCUT2D eigenvalue weighted by Gasteiger charge is 2.41. The summed E-state index contributed by atoms with van der Waals surface area (Å²) in [4.78, 5) is 0. The van der Waals surface area contributed by atoms with Crippen LogP contribution >= 0.6 is 0 Å². The lowest BCUT2D eigenvalue weighted by Crippen LogP contribution is -2.59. The first kappa shape index (κ1) is 13.2. The van der Waals surface area contributed by atoms with Crippen molar-refractivity contribution in [2.75, 3.05) is 13.7 Å². The van der Waals surface area contributed by atoms with Crippen molar-refractivity contribution in [3.05, 3.63) is 24.3 Å². The summed E-state index contributed by atoms with van der Waals surface area (Å²) in [5.74, 6) is 1.56. The van der Waals surface area contributed by atoms with Crippen LogP contribution in [0, 0.1) is 0 Å². The average molecular weight is 251 g/mol. The van der Waals surface area contributed by atoms with E-state index in [1.54, 1.807) is 7.11 Å². The fourth-order valence-corrected chi connectivity index (χ4v) is 2.10. The summed E-state index contributed by atoms with van der Waals surface area (Å²) in [6.07, 6.45) is 1.80. The van der Waals surface area contributed by atoms with E-state index in [1.807, 2.05) is 24.3 Å². The molecule has 100 valence electrons. The molecule has 1 aliphatic rings. The molecular formula is C14H21NO3. The second-order valence-corrected chi connectivity index (χ2v) is 4.55. The minimum Gasteiger partial charge on any atom is -0.490 e. The van der Waals surface area contributed by atoms with E-state index >= 15 is 0 Å². The third kappa shape index (κ3) is 2.76. The maximum atomic E-state index is 5.92. The van der Waals surface area contributed by atoms with E-state index < -0.39 is 0 Å². The number of methoxy groups -OCH3 is 1. The fraction of sp³-hybridized carbons (Fsp3) is 0.571. The lowest BCUT2D eigenvalue weighted by atomic mass is 9.86. The summed E-state index contributed by atoms with van der Waals surface area (Å²) >= 11 is 0. The lowest BCUT2D eigenvalue weighted by molar-refractivity contribution is -0.0789. The van der Waals surface area contributed by atoms with Crippen molar-refractivity contribution >= 4 is 0 Å². The van der Waals surface area contributed by atoms with Crippen molar-refractivity contribution < 1.29 is 14.2 Å². The predicted molar refractivity (Wildman–Crippen MR) is 70.0 cm³/mol. The minimum atomic E-state index is -0.0239. The highest BCUT2D eigenvalue weighted by atomic mass is 16.6. The molecule has 0 amide bonds. The van der Waals surface area contributed by atoms with Crippen LogP contribution in [0.3, 0.4) is 0 Å². The predicted octanol–water partition coefficient (Wildman–Crippen LogP) is 1.97. The van der Waals surface area contributed by atoms with Crippen LogP contribution in [0.4, 0.5) is 0 Å². The van der Waals surface area contributed by atoms with E-state index in [2.05, 4.69) is 6.92 Å². The number of hydrogen-bond donors (Lipinski definition) is 1. The van der Waals surface area contributed by atoms with Gasteiger partial charge in [-0.15, -0.1) is 0 Å². The van der Waals surface area contributed by atoms with Gasteiger partial charge in [-0.25, -0.2) is 0 Å². The minimum absolute atomic E-state index is 0.0239. The van der Waals surface area contributed by atoms with E-state index in [1.165, 1.54) is 0 Å². The molecule has 0 heterocycles. The monoisotopic (exact) mass is 251 g/mol. The third-order valence-electron chi connectivity index (χ3n) is 3.15. The first-order valence-electron chi connectivity index (χ1n) is 6.43. The molecule has 2 N–H and O–H groups in total. The second kappa shape index (κ2) is 6.07. The number of benzene rings is 1. The van der Waals surface area contributed by atoms with Gasteiger partial charge in [-0.2, -0.15) is 0 Å². The number of rotatable bonds is 6. The lowest BCUT2D eigenvalue weighted by Gasteiger charge is -2.41. The highest BCUT2D eigenvalue weighted by molar-refractivity contribution is 5.39. The fourth-order valence-electron chi connectivity index (χ4n) is 2.10. The number of ether oxygens (including phenoxy) is 3. The highest BCUT2D eigenvalue weighted by Crippen LogP contribution is 2.33. The molecule has 0 bridgehead atoms. The van der Waals surface area contributed by atoms with Gasteiger partial charge in [0, 0.05) is 19.6 Å². The van der Waals surface area contributed by atoms with Crippen molar-refractivity contribution in [1.82, 2.24) is 0 Å². The molecule has 1 saturated carbocycles. The molecule has 0 radical (unpaired) electrons. The van der Waals surface area contributed by atoms with Gasteiger partial charge in [0.1, 0.15) is 12.2 Å². The van der Waals surface area contributed by atoms with E-state index in [0.29, 0.717) is 6.61 Å². The van der Waals surface area contributed by atoms with Crippen LogP contribution in [-0.2, 0) is 4.74 Å². The molecule has 0 aromatic heterocycles. The van der Waals surface area contributed by atoms with Crippen LogP contribution in [0.1, 0.15) is 19.8 Å². The Bertz CT molecular complexity index is 383. The molecule has 0 saturated heterocycles. The molecule has 3 atom stereocenters. The van der Waals surface area contributed by atoms with E-state index in [0.717, 1.165) is 24.3 Å². The summed E-state index contributed by atoms with van der Waals surface area (Å²) in [6, 6.07) is 7.79. The molecule has 1 aliphatic carbocycles. The Morgan fingerprint density at radius 2 is 2.00 bits per heavy atom. The Balaban J connectivity index is 2.00. The Morgan fingerprint density at radius 1 is 1.28 bits per heavy atom. The summed E-state index contributed by atoms with van der Waals surface area (Å²) in [5, 5.41) is 0. The first-order valence-corrected chi connectivity index (χ1v) is 6.43. The Hall–Kier alpha value is -1.26. The molecule has 2 rings (SSSR count). The van der Waals surface area contributed by atoms with Crippen LogP contribution in [0.25, 0.3) is 0 Å². The Kier molecular flexibility index (Phi) is 4.44. The average Bonchev–Trinajstić information content (AvgIpc) is 2.37.